The highest BCUT2D eigenvalue weighted by atomic mass is 32.1. The first-order chi connectivity index (χ1) is 13.5. The molecule has 1 aromatic heterocycles. The van der Waals surface area contributed by atoms with Gasteiger partial charge in [-0.1, -0.05) is 12.1 Å². The van der Waals surface area contributed by atoms with E-state index in [9.17, 15) is 14.0 Å². The minimum absolute atomic E-state index is 0.104. The first kappa shape index (κ1) is 19.5. The van der Waals surface area contributed by atoms with Crippen molar-refractivity contribution in [3.8, 4) is 5.75 Å². The molecule has 0 radical (unpaired) electrons. The summed E-state index contributed by atoms with van der Waals surface area (Å²) in [5.74, 6) is -0.242. The highest BCUT2D eigenvalue weighted by molar-refractivity contribution is 7.14. The van der Waals surface area contributed by atoms with Crippen molar-refractivity contribution in [1.29, 1.82) is 0 Å². The Labute approximate surface area is 165 Å². The fraction of sp³-hybridized carbons (Fsp3) is 0.150. The van der Waals surface area contributed by atoms with Gasteiger partial charge in [-0.3, -0.25) is 14.9 Å². The van der Waals surface area contributed by atoms with Crippen LogP contribution in [0.4, 0.5) is 9.52 Å². The Morgan fingerprint density at radius 2 is 1.96 bits per heavy atom. The summed E-state index contributed by atoms with van der Waals surface area (Å²) in [6.07, 6.45) is 0.104. The van der Waals surface area contributed by atoms with Crippen molar-refractivity contribution >= 4 is 28.3 Å². The van der Waals surface area contributed by atoms with E-state index >= 15 is 0 Å². The highest BCUT2D eigenvalue weighted by Crippen LogP contribution is 2.17. The quantitative estimate of drug-likeness (QED) is 0.638. The van der Waals surface area contributed by atoms with Crippen molar-refractivity contribution in [2.24, 2.45) is 0 Å². The van der Waals surface area contributed by atoms with Crippen molar-refractivity contribution < 1.29 is 18.7 Å². The zero-order valence-electron chi connectivity index (χ0n) is 15.1. The van der Waals surface area contributed by atoms with Gasteiger partial charge in [0.2, 0.25) is 5.91 Å². The smallest absolute Gasteiger partial charge is 0.257 e. The number of carbonyl (C=O) groups excluding carboxylic acids is 2. The van der Waals surface area contributed by atoms with Crippen LogP contribution in [0.5, 0.6) is 5.75 Å². The lowest BCUT2D eigenvalue weighted by molar-refractivity contribution is -0.120. The maximum Gasteiger partial charge on any atom is 0.257 e. The topological polar surface area (TPSA) is 80.3 Å². The Morgan fingerprint density at radius 1 is 1.18 bits per heavy atom. The number of rotatable bonds is 7. The molecule has 2 aromatic carbocycles. The number of amides is 2. The molecule has 0 fully saturated rings. The van der Waals surface area contributed by atoms with Gasteiger partial charge in [0.1, 0.15) is 11.6 Å². The minimum atomic E-state index is -0.409. The maximum atomic E-state index is 12.9. The Bertz CT molecular complexity index is 973. The summed E-state index contributed by atoms with van der Waals surface area (Å²) in [7, 11) is 1.59. The van der Waals surface area contributed by atoms with E-state index in [1.807, 2.05) is 24.3 Å². The lowest BCUT2D eigenvalue weighted by Crippen LogP contribution is -2.24. The molecule has 0 saturated heterocycles. The van der Waals surface area contributed by atoms with Crippen molar-refractivity contribution in [3.05, 3.63) is 76.5 Å². The van der Waals surface area contributed by atoms with Gasteiger partial charge in [-0.2, -0.15) is 0 Å². The van der Waals surface area contributed by atoms with Crippen LogP contribution in [0.25, 0.3) is 0 Å². The number of thiazole rings is 1. The normalized spacial score (nSPS) is 10.4. The predicted molar refractivity (Wildman–Crippen MR) is 105 cm³/mol. The SMILES string of the molecule is COc1cccc(CNC(=O)Cc2csc(NC(=O)c3ccc(F)cc3)n2)c1. The molecule has 3 rings (SSSR count). The summed E-state index contributed by atoms with van der Waals surface area (Å²) >= 11 is 1.22. The second-order valence-electron chi connectivity index (χ2n) is 5.91. The first-order valence-electron chi connectivity index (χ1n) is 8.44. The second kappa shape index (κ2) is 9.09. The molecular weight excluding hydrogens is 381 g/mol. The summed E-state index contributed by atoms with van der Waals surface area (Å²) in [5, 5.41) is 7.56. The Kier molecular flexibility index (Phi) is 6.33. The van der Waals surface area contributed by atoms with Crippen LogP contribution in [0.15, 0.2) is 53.9 Å². The lowest BCUT2D eigenvalue weighted by atomic mass is 10.2. The molecular formula is C20H18FN3O3S. The number of aromatic nitrogens is 1. The third kappa shape index (κ3) is 5.37. The first-order valence-corrected chi connectivity index (χ1v) is 9.32. The van der Waals surface area contributed by atoms with Crippen LogP contribution in [0, 0.1) is 5.82 Å². The third-order valence-electron chi connectivity index (χ3n) is 3.84. The van der Waals surface area contributed by atoms with Gasteiger partial charge >= 0.3 is 0 Å². The van der Waals surface area contributed by atoms with Crippen LogP contribution < -0.4 is 15.4 Å². The van der Waals surface area contributed by atoms with E-state index in [-0.39, 0.29) is 18.2 Å². The molecule has 0 atom stereocenters. The molecule has 0 aliphatic rings. The van der Waals surface area contributed by atoms with Gasteiger partial charge in [-0.15, -0.1) is 11.3 Å². The van der Waals surface area contributed by atoms with Crippen molar-refractivity contribution in [3.63, 3.8) is 0 Å². The number of hydrogen-bond acceptors (Lipinski definition) is 5. The number of benzene rings is 2. The van der Waals surface area contributed by atoms with Crippen molar-refractivity contribution in [1.82, 2.24) is 10.3 Å². The van der Waals surface area contributed by atoms with Gasteiger partial charge in [-0.05, 0) is 42.0 Å². The number of methoxy groups -OCH3 is 1. The van der Waals surface area contributed by atoms with Crippen molar-refractivity contribution in [2.75, 3.05) is 12.4 Å². The van der Waals surface area contributed by atoms with Gasteiger partial charge in [0.25, 0.3) is 5.91 Å². The van der Waals surface area contributed by atoms with E-state index in [0.717, 1.165) is 11.3 Å². The summed E-state index contributed by atoms with van der Waals surface area (Å²) < 4.78 is 18.1. The van der Waals surface area contributed by atoms with Gasteiger partial charge in [-0.25, -0.2) is 9.37 Å². The third-order valence-corrected chi connectivity index (χ3v) is 4.65. The zero-order chi connectivity index (χ0) is 19.9. The molecule has 2 N–H and O–H groups in total. The van der Waals surface area contributed by atoms with E-state index in [4.69, 9.17) is 4.74 Å². The van der Waals surface area contributed by atoms with Gasteiger partial charge in [0, 0.05) is 17.5 Å². The van der Waals surface area contributed by atoms with E-state index in [2.05, 4.69) is 15.6 Å². The molecule has 1 heterocycles. The predicted octanol–water partition coefficient (Wildman–Crippen LogP) is 3.40. The van der Waals surface area contributed by atoms with Crippen LogP contribution in [0.1, 0.15) is 21.6 Å². The second-order valence-corrected chi connectivity index (χ2v) is 6.77. The summed E-state index contributed by atoms with van der Waals surface area (Å²) in [5.41, 5.74) is 1.81. The number of anilines is 1. The monoisotopic (exact) mass is 399 g/mol. The molecule has 8 heteroatoms. The van der Waals surface area contributed by atoms with E-state index in [0.29, 0.717) is 22.9 Å². The molecule has 3 aromatic rings. The van der Waals surface area contributed by atoms with Gasteiger partial charge in [0.05, 0.1) is 19.2 Å². The standard InChI is InChI=1S/C20H18FN3O3S/c1-27-17-4-2-3-13(9-17)11-22-18(25)10-16-12-28-20(23-16)24-19(26)14-5-7-15(21)8-6-14/h2-9,12H,10-11H2,1H3,(H,22,25)(H,23,24,26). The Hall–Kier alpha value is -3.26. The molecule has 2 amide bonds. The van der Waals surface area contributed by atoms with E-state index in [1.165, 1.54) is 35.6 Å². The zero-order valence-corrected chi connectivity index (χ0v) is 15.9. The van der Waals surface area contributed by atoms with Crippen LogP contribution in [0.3, 0.4) is 0 Å². The molecule has 6 nitrogen and oxygen atoms in total. The van der Waals surface area contributed by atoms with E-state index < -0.39 is 5.82 Å². The number of nitrogens with zero attached hydrogens (tertiary/aromatic N) is 1. The molecule has 0 saturated carbocycles. The molecule has 0 bridgehead atoms. The fourth-order valence-corrected chi connectivity index (χ4v) is 3.13. The number of halogens is 1. The number of carbonyl (C=O) groups is 2. The molecule has 0 aliphatic heterocycles. The lowest BCUT2D eigenvalue weighted by Gasteiger charge is -2.06. The molecule has 28 heavy (non-hydrogen) atoms. The molecule has 0 spiro atoms. The van der Waals surface area contributed by atoms with Crippen LogP contribution >= 0.6 is 11.3 Å². The highest BCUT2D eigenvalue weighted by Gasteiger charge is 2.11. The Balaban J connectivity index is 1.51. The number of nitrogens with one attached hydrogen (secondary N) is 2. The number of hydrogen-bond donors (Lipinski definition) is 2. The molecule has 0 unspecified atom stereocenters. The minimum Gasteiger partial charge on any atom is -0.497 e. The van der Waals surface area contributed by atoms with Crippen molar-refractivity contribution in [2.45, 2.75) is 13.0 Å². The van der Waals surface area contributed by atoms with Crippen LogP contribution in [-0.2, 0) is 17.8 Å². The Morgan fingerprint density at radius 3 is 2.71 bits per heavy atom. The maximum absolute atomic E-state index is 12.9. The average Bonchev–Trinajstić information content (AvgIpc) is 3.13. The largest absolute Gasteiger partial charge is 0.497 e. The van der Waals surface area contributed by atoms with Crippen LogP contribution in [0.2, 0.25) is 0 Å². The van der Waals surface area contributed by atoms with Gasteiger partial charge in [0.15, 0.2) is 5.13 Å². The van der Waals surface area contributed by atoms with Crippen LogP contribution in [-0.4, -0.2) is 23.9 Å². The van der Waals surface area contributed by atoms with E-state index in [1.54, 1.807) is 12.5 Å². The number of ether oxygens (including phenoxy) is 1. The summed E-state index contributed by atoms with van der Waals surface area (Å²) in [6.45, 7) is 0.383. The summed E-state index contributed by atoms with van der Waals surface area (Å²) in [6, 6.07) is 12.7. The molecule has 0 aliphatic carbocycles. The molecule has 144 valence electrons. The summed E-state index contributed by atoms with van der Waals surface area (Å²) in [4.78, 5) is 28.5. The fourth-order valence-electron chi connectivity index (χ4n) is 2.43. The van der Waals surface area contributed by atoms with Gasteiger partial charge < -0.3 is 10.1 Å². The average molecular weight is 399 g/mol.